The molecule has 4 nitrogen and oxygen atoms in total. The third kappa shape index (κ3) is 4.99. The number of amides is 1. The van der Waals surface area contributed by atoms with Gasteiger partial charge in [0.25, 0.3) is 0 Å². The van der Waals surface area contributed by atoms with Crippen LogP contribution in [0.2, 0.25) is 0 Å². The van der Waals surface area contributed by atoms with Crippen molar-refractivity contribution in [3.05, 3.63) is 83.2 Å². The number of nitrogens with zero attached hydrogens (tertiary/aromatic N) is 1. The number of thioether (sulfide) groups is 1. The average molecular weight is 366 g/mol. The molecule has 0 saturated heterocycles. The summed E-state index contributed by atoms with van der Waals surface area (Å²) in [5.74, 6) is 0.347. The van der Waals surface area contributed by atoms with Crippen LogP contribution in [0.5, 0.6) is 0 Å². The second-order valence-electron chi connectivity index (χ2n) is 6.26. The van der Waals surface area contributed by atoms with E-state index in [9.17, 15) is 4.79 Å². The number of carbonyl (C=O) groups is 1. The van der Waals surface area contributed by atoms with E-state index in [1.165, 1.54) is 17.3 Å². The van der Waals surface area contributed by atoms with Crippen molar-refractivity contribution in [1.29, 1.82) is 0 Å². The molecule has 0 aliphatic rings. The molecule has 134 valence electrons. The molecule has 2 aromatic carbocycles. The van der Waals surface area contributed by atoms with E-state index in [1.807, 2.05) is 62.4 Å². The first kappa shape index (κ1) is 18.3. The fourth-order valence-corrected chi connectivity index (χ4v) is 3.49. The molecule has 0 bridgehead atoms. The van der Waals surface area contributed by atoms with Gasteiger partial charge in [-0.1, -0.05) is 72.4 Å². The third-order valence-electron chi connectivity index (χ3n) is 4.20. The van der Waals surface area contributed by atoms with Crippen LogP contribution in [0.4, 0.5) is 0 Å². The third-order valence-corrected chi connectivity index (χ3v) is 5.07. The lowest BCUT2D eigenvalue weighted by Gasteiger charge is -2.13. The summed E-state index contributed by atoms with van der Waals surface area (Å²) in [6.45, 7) is 4.01. The minimum atomic E-state index is -0.00345. The Morgan fingerprint density at radius 3 is 2.46 bits per heavy atom. The van der Waals surface area contributed by atoms with E-state index in [-0.39, 0.29) is 11.9 Å². The quantitative estimate of drug-likeness (QED) is 0.615. The van der Waals surface area contributed by atoms with Crippen molar-refractivity contribution in [2.45, 2.75) is 31.5 Å². The van der Waals surface area contributed by atoms with Gasteiger partial charge in [-0.25, -0.2) is 4.98 Å². The lowest BCUT2D eigenvalue weighted by atomic mass is 10.1. The van der Waals surface area contributed by atoms with Crippen LogP contribution in [0.15, 0.2) is 65.8 Å². The van der Waals surface area contributed by atoms with Gasteiger partial charge in [0.15, 0.2) is 5.16 Å². The van der Waals surface area contributed by atoms with Crippen molar-refractivity contribution in [3.63, 3.8) is 0 Å². The Morgan fingerprint density at radius 2 is 1.77 bits per heavy atom. The summed E-state index contributed by atoms with van der Waals surface area (Å²) in [6.07, 6.45) is 0.793. The highest BCUT2D eigenvalue weighted by molar-refractivity contribution is 7.99. The normalized spacial score (nSPS) is 11.9. The standard InChI is InChI=1S/C21H23N3OS/c1-15(18-11-7-4-8-12-18)22-20(25)14-26-21-23-16(2)19(24-21)13-17-9-5-3-6-10-17/h3-12,15H,13-14H2,1-2H3,(H,22,25)(H,23,24)/t15-/m0/s1. The molecule has 1 aromatic heterocycles. The van der Waals surface area contributed by atoms with Gasteiger partial charge in [0.05, 0.1) is 17.5 Å². The lowest BCUT2D eigenvalue weighted by Crippen LogP contribution is -2.28. The van der Waals surface area contributed by atoms with Gasteiger partial charge >= 0.3 is 0 Å². The van der Waals surface area contributed by atoms with Gasteiger partial charge in [-0.05, 0) is 25.0 Å². The summed E-state index contributed by atoms with van der Waals surface area (Å²) in [4.78, 5) is 20.1. The molecule has 1 amide bonds. The topological polar surface area (TPSA) is 57.8 Å². The van der Waals surface area contributed by atoms with E-state index in [4.69, 9.17) is 0 Å². The second-order valence-corrected chi connectivity index (χ2v) is 7.23. The SMILES string of the molecule is Cc1[nH]c(SCC(=O)N[C@@H](C)c2ccccc2)nc1Cc1ccccc1. The zero-order valence-electron chi connectivity index (χ0n) is 15.0. The largest absolute Gasteiger partial charge is 0.349 e. The first-order chi connectivity index (χ1) is 12.6. The smallest absolute Gasteiger partial charge is 0.230 e. The Balaban J connectivity index is 1.53. The second kappa shape index (κ2) is 8.72. The van der Waals surface area contributed by atoms with Gasteiger partial charge in [-0.2, -0.15) is 0 Å². The Bertz CT molecular complexity index is 846. The van der Waals surface area contributed by atoms with Crippen LogP contribution in [0.3, 0.4) is 0 Å². The Morgan fingerprint density at radius 1 is 1.12 bits per heavy atom. The van der Waals surface area contributed by atoms with Gasteiger partial charge in [0.2, 0.25) is 5.91 Å². The predicted molar refractivity (Wildman–Crippen MR) is 106 cm³/mol. The molecule has 3 rings (SSSR count). The summed E-state index contributed by atoms with van der Waals surface area (Å²) in [6, 6.07) is 20.2. The van der Waals surface area contributed by atoms with E-state index < -0.39 is 0 Å². The van der Waals surface area contributed by atoms with Crippen LogP contribution in [-0.4, -0.2) is 21.6 Å². The first-order valence-corrected chi connectivity index (χ1v) is 9.67. The van der Waals surface area contributed by atoms with Crippen LogP contribution >= 0.6 is 11.8 Å². The molecule has 0 aliphatic carbocycles. The van der Waals surface area contributed by atoms with Crippen LogP contribution in [-0.2, 0) is 11.2 Å². The van der Waals surface area contributed by atoms with E-state index in [0.717, 1.165) is 28.5 Å². The number of aryl methyl sites for hydroxylation is 1. The van der Waals surface area contributed by atoms with Gasteiger partial charge in [-0.15, -0.1) is 0 Å². The fourth-order valence-electron chi connectivity index (χ4n) is 2.74. The van der Waals surface area contributed by atoms with Gasteiger partial charge in [0, 0.05) is 12.1 Å². The molecule has 0 aliphatic heterocycles. The molecular formula is C21H23N3OS. The average Bonchev–Trinajstić information content (AvgIpc) is 3.01. The number of carbonyl (C=O) groups excluding carboxylic acids is 1. The molecule has 1 atom stereocenters. The molecular weight excluding hydrogens is 342 g/mol. The van der Waals surface area contributed by atoms with Crippen LogP contribution < -0.4 is 5.32 Å². The molecule has 1 heterocycles. The van der Waals surface area contributed by atoms with Crippen LogP contribution in [0, 0.1) is 6.92 Å². The molecule has 0 radical (unpaired) electrons. The van der Waals surface area contributed by atoms with Crippen molar-refractivity contribution in [2.24, 2.45) is 0 Å². The fraction of sp³-hybridized carbons (Fsp3) is 0.238. The van der Waals surface area contributed by atoms with Crippen molar-refractivity contribution in [1.82, 2.24) is 15.3 Å². The van der Waals surface area contributed by atoms with Crippen LogP contribution in [0.1, 0.15) is 35.5 Å². The summed E-state index contributed by atoms with van der Waals surface area (Å²) in [5.41, 5.74) is 4.41. The molecule has 26 heavy (non-hydrogen) atoms. The number of imidazole rings is 1. The van der Waals surface area contributed by atoms with Crippen molar-refractivity contribution in [3.8, 4) is 0 Å². The monoisotopic (exact) mass is 365 g/mol. The molecule has 2 N–H and O–H groups in total. The zero-order chi connectivity index (χ0) is 18.4. The van der Waals surface area contributed by atoms with Gasteiger partial charge in [-0.3, -0.25) is 4.79 Å². The maximum atomic E-state index is 12.2. The number of hydrogen-bond acceptors (Lipinski definition) is 3. The van der Waals surface area contributed by atoms with E-state index in [0.29, 0.717) is 5.75 Å². The number of hydrogen-bond donors (Lipinski definition) is 2. The molecule has 0 unspecified atom stereocenters. The summed E-state index contributed by atoms with van der Waals surface area (Å²) >= 11 is 1.43. The minimum absolute atomic E-state index is 0.00345. The van der Waals surface area contributed by atoms with E-state index in [2.05, 4.69) is 27.4 Å². The zero-order valence-corrected chi connectivity index (χ0v) is 15.8. The minimum Gasteiger partial charge on any atom is -0.349 e. The van der Waals surface area contributed by atoms with Crippen molar-refractivity contribution < 1.29 is 4.79 Å². The van der Waals surface area contributed by atoms with Crippen LogP contribution in [0.25, 0.3) is 0 Å². The number of H-pyrrole nitrogens is 1. The molecule has 0 spiro atoms. The highest BCUT2D eigenvalue weighted by Gasteiger charge is 2.12. The predicted octanol–water partition coefficient (Wildman–Crippen LogP) is 4.28. The summed E-state index contributed by atoms with van der Waals surface area (Å²) in [7, 11) is 0. The summed E-state index contributed by atoms with van der Waals surface area (Å²) in [5, 5.41) is 3.81. The highest BCUT2D eigenvalue weighted by atomic mass is 32.2. The number of rotatable bonds is 7. The Labute approximate surface area is 158 Å². The van der Waals surface area contributed by atoms with Crippen molar-refractivity contribution in [2.75, 3.05) is 5.75 Å². The first-order valence-electron chi connectivity index (χ1n) is 8.68. The maximum absolute atomic E-state index is 12.2. The van der Waals surface area contributed by atoms with Gasteiger partial charge < -0.3 is 10.3 Å². The Kier molecular flexibility index (Phi) is 6.12. The summed E-state index contributed by atoms with van der Waals surface area (Å²) < 4.78 is 0. The number of aromatic nitrogens is 2. The molecule has 0 saturated carbocycles. The van der Waals surface area contributed by atoms with Crippen molar-refractivity contribution >= 4 is 17.7 Å². The molecule has 0 fully saturated rings. The Hall–Kier alpha value is -2.53. The lowest BCUT2D eigenvalue weighted by molar-refractivity contribution is -0.119. The van der Waals surface area contributed by atoms with Gasteiger partial charge in [0.1, 0.15) is 0 Å². The number of nitrogens with one attached hydrogen (secondary N) is 2. The molecule has 3 aromatic rings. The molecule has 5 heteroatoms. The number of aromatic amines is 1. The maximum Gasteiger partial charge on any atom is 0.230 e. The van der Waals surface area contributed by atoms with E-state index in [1.54, 1.807) is 0 Å². The highest BCUT2D eigenvalue weighted by Crippen LogP contribution is 2.19. The number of benzene rings is 2. The van der Waals surface area contributed by atoms with E-state index >= 15 is 0 Å².